The van der Waals surface area contributed by atoms with Crippen LogP contribution < -0.4 is 5.32 Å². The molecule has 0 spiro atoms. The van der Waals surface area contributed by atoms with Gasteiger partial charge in [-0.05, 0) is 18.1 Å². The predicted molar refractivity (Wildman–Crippen MR) is 66.9 cm³/mol. The van der Waals surface area contributed by atoms with E-state index in [1.54, 1.807) is 19.3 Å². The average Bonchev–Trinajstić information content (AvgIpc) is 2.38. The van der Waals surface area contributed by atoms with Crippen molar-refractivity contribution >= 4 is 11.9 Å². The largest absolute Gasteiger partial charge is 0.481 e. The van der Waals surface area contributed by atoms with Gasteiger partial charge in [-0.3, -0.25) is 14.6 Å². The van der Waals surface area contributed by atoms with E-state index in [4.69, 9.17) is 5.11 Å². The molecule has 1 amide bonds. The van der Waals surface area contributed by atoms with Gasteiger partial charge in [0.05, 0.1) is 5.92 Å². The van der Waals surface area contributed by atoms with Crippen molar-refractivity contribution in [3.8, 4) is 0 Å². The number of nitrogens with zero attached hydrogens (tertiary/aromatic N) is 1. The SMILES string of the molecule is CC(C(=O)O)C(C)C(=O)NCCc1cccnc1. The van der Waals surface area contributed by atoms with Gasteiger partial charge < -0.3 is 10.4 Å². The molecule has 1 heterocycles. The monoisotopic (exact) mass is 250 g/mol. The highest BCUT2D eigenvalue weighted by molar-refractivity contribution is 5.84. The van der Waals surface area contributed by atoms with Gasteiger partial charge in [0.1, 0.15) is 0 Å². The van der Waals surface area contributed by atoms with E-state index in [1.807, 2.05) is 12.1 Å². The molecule has 18 heavy (non-hydrogen) atoms. The molecule has 1 aromatic heterocycles. The quantitative estimate of drug-likeness (QED) is 0.792. The number of hydrogen-bond acceptors (Lipinski definition) is 3. The summed E-state index contributed by atoms with van der Waals surface area (Å²) < 4.78 is 0. The second-order valence-corrected chi connectivity index (χ2v) is 4.32. The number of aromatic nitrogens is 1. The molecule has 0 saturated carbocycles. The number of rotatable bonds is 6. The minimum atomic E-state index is -0.954. The summed E-state index contributed by atoms with van der Waals surface area (Å²) in [6.45, 7) is 3.65. The molecular formula is C13H18N2O3. The molecule has 2 N–H and O–H groups in total. The van der Waals surface area contributed by atoms with Gasteiger partial charge in [-0.25, -0.2) is 0 Å². The van der Waals surface area contributed by atoms with Gasteiger partial charge in [0.15, 0.2) is 0 Å². The molecule has 5 nitrogen and oxygen atoms in total. The van der Waals surface area contributed by atoms with E-state index in [-0.39, 0.29) is 5.91 Å². The predicted octanol–water partition coefficient (Wildman–Crippen LogP) is 1.10. The first-order valence-corrected chi connectivity index (χ1v) is 5.91. The summed E-state index contributed by atoms with van der Waals surface area (Å²) in [5.74, 6) is -2.39. The maximum atomic E-state index is 11.7. The lowest BCUT2D eigenvalue weighted by Gasteiger charge is -2.15. The van der Waals surface area contributed by atoms with E-state index in [0.717, 1.165) is 5.56 Å². The lowest BCUT2D eigenvalue weighted by molar-refractivity contribution is -0.146. The van der Waals surface area contributed by atoms with Crippen molar-refractivity contribution in [1.29, 1.82) is 0 Å². The first-order valence-electron chi connectivity index (χ1n) is 5.91. The highest BCUT2D eigenvalue weighted by atomic mass is 16.4. The van der Waals surface area contributed by atoms with E-state index in [2.05, 4.69) is 10.3 Å². The summed E-state index contributed by atoms with van der Waals surface area (Å²) in [4.78, 5) is 26.4. The highest BCUT2D eigenvalue weighted by Crippen LogP contribution is 2.10. The van der Waals surface area contributed by atoms with Crippen molar-refractivity contribution in [2.45, 2.75) is 20.3 Å². The first kappa shape index (κ1) is 14.2. The standard InChI is InChI=1S/C13H18N2O3/c1-9(10(2)13(17)18)12(16)15-7-5-11-4-3-6-14-8-11/h3-4,6,8-10H,5,7H2,1-2H3,(H,15,16)(H,17,18). The number of carboxylic acid groups (broad SMARTS) is 1. The summed E-state index contributed by atoms with van der Waals surface area (Å²) in [5.41, 5.74) is 1.04. The normalized spacial score (nSPS) is 13.7. The topological polar surface area (TPSA) is 79.3 Å². The molecule has 2 atom stereocenters. The summed E-state index contributed by atoms with van der Waals surface area (Å²) in [6.07, 6.45) is 4.13. The number of amides is 1. The van der Waals surface area contributed by atoms with Crippen LogP contribution in [0.25, 0.3) is 0 Å². The maximum Gasteiger partial charge on any atom is 0.307 e. The van der Waals surface area contributed by atoms with Gasteiger partial charge in [0, 0.05) is 24.9 Å². The summed E-state index contributed by atoms with van der Waals surface area (Å²) in [5, 5.41) is 11.6. The number of aliphatic carboxylic acids is 1. The maximum absolute atomic E-state index is 11.7. The molecule has 0 radical (unpaired) electrons. The number of nitrogens with one attached hydrogen (secondary N) is 1. The van der Waals surface area contributed by atoms with Gasteiger partial charge in [-0.2, -0.15) is 0 Å². The fourth-order valence-corrected chi connectivity index (χ4v) is 1.48. The molecule has 98 valence electrons. The molecule has 0 bridgehead atoms. The lowest BCUT2D eigenvalue weighted by Crippen LogP contribution is -2.36. The number of hydrogen-bond donors (Lipinski definition) is 2. The summed E-state index contributed by atoms with van der Waals surface area (Å²) in [6, 6.07) is 3.77. The number of pyridine rings is 1. The molecule has 0 aromatic carbocycles. The first-order chi connectivity index (χ1) is 8.52. The third-order valence-electron chi connectivity index (χ3n) is 2.99. The summed E-state index contributed by atoms with van der Waals surface area (Å²) in [7, 11) is 0. The Balaban J connectivity index is 2.35. The third kappa shape index (κ3) is 4.16. The van der Waals surface area contributed by atoms with E-state index in [0.29, 0.717) is 13.0 Å². The van der Waals surface area contributed by atoms with Crippen LogP contribution in [0.1, 0.15) is 19.4 Å². The van der Waals surface area contributed by atoms with Crippen LogP contribution in [-0.2, 0) is 16.0 Å². The van der Waals surface area contributed by atoms with Crippen LogP contribution in [0.15, 0.2) is 24.5 Å². The Kier molecular flexibility index (Phi) is 5.30. The molecule has 1 rings (SSSR count). The Hall–Kier alpha value is -1.91. The van der Waals surface area contributed by atoms with Crippen molar-refractivity contribution in [3.05, 3.63) is 30.1 Å². The summed E-state index contributed by atoms with van der Waals surface area (Å²) >= 11 is 0. The minimum Gasteiger partial charge on any atom is -0.481 e. The Bertz CT molecular complexity index is 406. The van der Waals surface area contributed by atoms with Crippen molar-refractivity contribution in [1.82, 2.24) is 10.3 Å². The van der Waals surface area contributed by atoms with Crippen LogP contribution in [-0.4, -0.2) is 28.5 Å². The van der Waals surface area contributed by atoms with E-state index < -0.39 is 17.8 Å². The third-order valence-corrected chi connectivity index (χ3v) is 2.99. The van der Waals surface area contributed by atoms with Crippen molar-refractivity contribution in [2.75, 3.05) is 6.54 Å². The smallest absolute Gasteiger partial charge is 0.307 e. The zero-order valence-corrected chi connectivity index (χ0v) is 10.6. The molecule has 0 fully saturated rings. The van der Waals surface area contributed by atoms with E-state index >= 15 is 0 Å². The van der Waals surface area contributed by atoms with Crippen LogP contribution >= 0.6 is 0 Å². The zero-order chi connectivity index (χ0) is 13.5. The Morgan fingerprint density at radius 1 is 1.39 bits per heavy atom. The molecule has 0 aliphatic rings. The Labute approximate surface area is 106 Å². The van der Waals surface area contributed by atoms with Gasteiger partial charge >= 0.3 is 5.97 Å². The second kappa shape index (κ2) is 6.74. The lowest BCUT2D eigenvalue weighted by atomic mass is 9.95. The highest BCUT2D eigenvalue weighted by Gasteiger charge is 2.25. The molecule has 0 saturated heterocycles. The van der Waals surface area contributed by atoms with Gasteiger partial charge in [0.25, 0.3) is 0 Å². The van der Waals surface area contributed by atoms with Crippen LogP contribution in [0.3, 0.4) is 0 Å². The van der Waals surface area contributed by atoms with Crippen molar-refractivity contribution in [2.24, 2.45) is 11.8 Å². The minimum absolute atomic E-state index is 0.228. The average molecular weight is 250 g/mol. The van der Waals surface area contributed by atoms with Crippen molar-refractivity contribution < 1.29 is 14.7 Å². The second-order valence-electron chi connectivity index (χ2n) is 4.32. The molecule has 5 heteroatoms. The fourth-order valence-electron chi connectivity index (χ4n) is 1.48. The van der Waals surface area contributed by atoms with Crippen LogP contribution in [0.5, 0.6) is 0 Å². The van der Waals surface area contributed by atoms with Crippen LogP contribution in [0, 0.1) is 11.8 Å². The van der Waals surface area contributed by atoms with Crippen LogP contribution in [0.2, 0.25) is 0 Å². The van der Waals surface area contributed by atoms with Crippen LogP contribution in [0.4, 0.5) is 0 Å². The Morgan fingerprint density at radius 3 is 2.67 bits per heavy atom. The zero-order valence-electron chi connectivity index (χ0n) is 10.6. The van der Waals surface area contributed by atoms with Gasteiger partial charge in [-0.15, -0.1) is 0 Å². The molecule has 1 aromatic rings. The number of carboxylic acids is 1. The molecule has 2 unspecified atom stereocenters. The van der Waals surface area contributed by atoms with E-state index in [1.165, 1.54) is 6.92 Å². The van der Waals surface area contributed by atoms with Gasteiger partial charge in [0.2, 0.25) is 5.91 Å². The van der Waals surface area contributed by atoms with E-state index in [9.17, 15) is 9.59 Å². The number of carbonyl (C=O) groups excluding carboxylic acids is 1. The Morgan fingerprint density at radius 2 is 2.11 bits per heavy atom. The molecule has 0 aliphatic carbocycles. The molecular weight excluding hydrogens is 232 g/mol. The number of carbonyl (C=O) groups is 2. The van der Waals surface area contributed by atoms with Crippen molar-refractivity contribution in [3.63, 3.8) is 0 Å². The van der Waals surface area contributed by atoms with Gasteiger partial charge in [-0.1, -0.05) is 19.9 Å². The fraction of sp³-hybridized carbons (Fsp3) is 0.462. The molecule has 0 aliphatic heterocycles.